The van der Waals surface area contributed by atoms with Crippen LogP contribution in [0.1, 0.15) is 35.4 Å². The quantitative estimate of drug-likeness (QED) is 0.754. The van der Waals surface area contributed by atoms with Gasteiger partial charge < -0.3 is 0 Å². The third-order valence-corrected chi connectivity index (χ3v) is 3.51. The van der Waals surface area contributed by atoms with Gasteiger partial charge in [-0.1, -0.05) is 41.1 Å². The molecule has 0 amide bonds. The van der Waals surface area contributed by atoms with Gasteiger partial charge in [-0.05, 0) is 37.0 Å². The molecule has 14 heavy (non-hydrogen) atoms. The molecule has 0 bridgehead atoms. The van der Waals surface area contributed by atoms with Crippen LogP contribution in [0.5, 0.6) is 0 Å². The van der Waals surface area contributed by atoms with Gasteiger partial charge in [-0.3, -0.25) is 4.79 Å². The van der Waals surface area contributed by atoms with Crippen molar-refractivity contribution in [2.75, 3.05) is 0 Å². The van der Waals surface area contributed by atoms with Crippen LogP contribution < -0.4 is 0 Å². The summed E-state index contributed by atoms with van der Waals surface area (Å²) in [6.45, 7) is 5.77. The van der Waals surface area contributed by atoms with Crippen molar-refractivity contribution in [1.29, 1.82) is 0 Å². The first kappa shape index (κ1) is 11.4. The van der Waals surface area contributed by atoms with E-state index in [1.165, 1.54) is 11.1 Å². The van der Waals surface area contributed by atoms with Crippen LogP contribution >= 0.6 is 15.9 Å². The van der Waals surface area contributed by atoms with Crippen molar-refractivity contribution in [3.63, 3.8) is 0 Å². The predicted molar refractivity (Wildman–Crippen MR) is 62.9 cm³/mol. The third-order valence-electron chi connectivity index (χ3n) is 2.41. The molecule has 1 aromatic carbocycles. The van der Waals surface area contributed by atoms with Gasteiger partial charge in [0.2, 0.25) is 0 Å². The van der Waals surface area contributed by atoms with Crippen molar-refractivity contribution in [3.05, 3.63) is 34.9 Å². The summed E-state index contributed by atoms with van der Waals surface area (Å²) < 4.78 is 0. The Kier molecular flexibility index (Phi) is 3.87. The molecular weight excluding hydrogens is 240 g/mol. The van der Waals surface area contributed by atoms with Gasteiger partial charge in [0.15, 0.2) is 0 Å². The van der Waals surface area contributed by atoms with E-state index in [-0.39, 0.29) is 10.6 Å². The Hall–Kier alpha value is -0.630. The molecule has 0 radical (unpaired) electrons. The maximum Gasteiger partial charge on any atom is 0.147 e. The Labute approximate surface area is 93.7 Å². The number of benzene rings is 1. The first-order chi connectivity index (χ1) is 6.57. The zero-order valence-electron chi connectivity index (χ0n) is 8.80. The van der Waals surface area contributed by atoms with Crippen molar-refractivity contribution in [2.24, 2.45) is 0 Å². The first-order valence-corrected chi connectivity index (χ1v) is 5.72. The number of hydrogen-bond acceptors (Lipinski definition) is 1. The third kappa shape index (κ3) is 2.24. The standard InChI is InChI=1S/C12H15BrO/c1-4-10-7-5-6-8(2)11(10)12(13)9(3)14/h5-7,12H,4H2,1-3H3. The monoisotopic (exact) mass is 254 g/mol. The number of ketones is 1. The largest absolute Gasteiger partial charge is 0.298 e. The smallest absolute Gasteiger partial charge is 0.147 e. The lowest BCUT2D eigenvalue weighted by molar-refractivity contribution is -0.116. The van der Waals surface area contributed by atoms with E-state index in [0.717, 1.165) is 12.0 Å². The van der Waals surface area contributed by atoms with E-state index in [0.29, 0.717) is 0 Å². The van der Waals surface area contributed by atoms with Gasteiger partial charge >= 0.3 is 0 Å². The minimum atomic E-state index is -0.154. The number of carbonyl (C=O) groups is 1. The maximum absolute atomic E-state index is 11.3. The van der Waals surface area contributed by atoms with Gasteiger partial charge in [-0.15, -0.1) is 0 Å². The average Bonchev–Trinajstić information content (AvgIpc) is 2.16. The fourth-order valence-electron chi connectivity index (χ4n) is 1.62. The lowest BCUT2D eigenvalue weighted by atomic mass is 9.96. The number of hydrogen-bond donors (Lipinski definition) is 0. The zero-order valence-corrected chi connectivity index (χ0v) is 10.4. The molecule has 0 aliphatic heterocycles. The van der Waals surface area contributed by atoms with Crippen molar-refractivity contribution in [1.82, 2.24) is 0 Å². The Morgan fingerprint density at radius 3 is 2.64 bits per heavy atom. The molecule has 0 saturated heterocycles. The molecule has 0 heterocycles. The lowest BCUT2D eigenvalue weighted by Crippen LogP contribution is -2.06. The van der Waals surface area contributed by atoms with Crippen molar-refractivity contribution < 1.29 is 4.79 Å². The number of Topliss-reactive ketones (excluding diaryl/α,β-unsaturated/α-hetero) is 1. The van der Waals surface area contributed by atoms with Crippen LogP contribution in [0.25, 0.3) is 0 Å². The van der Waals surface area contributed by atoms with E-state index in [4.69, 9.17) is 0 Å². The van der Waals surface area contributed by atoms with Crippen LogP contribution in [0.3, 0.4) is 0 Å². The van der Waals surface area contributed by atoms with Crippen LogP contribution in [0.2, 0.25) is 0 Å². The number of halogens is 1. The first-order valence-electron chi connectivity index (χ1n) is 4.80. The molecule has 1 nitrogen and oxygen atoms in total. The van der Waals surface area contributed by atoms with Gasteiger partial charge in [-0.25, -0.2) is 0 Å². The molecule has 0 spiro atoms. The van der Waals surface area contributed by atoms with Crippen molar-refractivity contribution >= 4 is 21.7 Å². The van der Waals surface area contributed by atoms with E-state index < -0.39 is 0 Å². The lowest BCUT2D eigenvalue weighted by Gasteiger charge is -2.14. The summed E-state index contributed by atoms with van der Waals surface area (Å²) in [5.41, 5.74) is 3.58. The molecule has 1 unspecified atom stereocenters. The van der Waals surface area contributed by atoms with Gasteiger partial charge in [-0.2, -0.15) is 0 Å². The highest BCUT2D eigenvalue weighted by Gasteiger charge is 2.17. The summed E-state index contributed by atoms with van der Waals surface area (Å²) in [5, 5.41) is 0. The summed E-state index contributed by atoms with van der Waals surface area (Å²) in [6, 6.07) is 6.17. The van der Waals surface area contributed by atoms with Crippen LogP contribution in [-0.2, 0) is 11.2 Å². The van der Waals surface area contributed by atoms with E-state index in [1.807, 2.05) is 19.1 Å². The summed E-state index contributed by atoms with van der Waals surface area (Å²) in [7, 11) is 0. The normalized spacial score (nSPS) is 12.6. The molecule has 0 aliphatic carbocycles. The molecule has 76 valence electrons. The zero-order chi connectivity index (χ0) is 10.7. The summed E-state index contributed by atoms with van der Waals surface area (Å²) in [6.07, 6.45) is 0.965. The summed E-state index contributed by atoms with van der Waals surface area (Å²) in [4.78, 5) is 11.2. The number of aryl methyl sites for hydroxylation is 2. The second kappa shape index (κ2) is 4.74. The minimum Gasteiger partial charge on any atom is -0.298 e. The highest BCUT2D eigenvalue weighted by Crippen LogP contribution is 2.30. The Balaban J connectivity index is 3.23. The highest BCUT2D eigenvalue weighted by atomic mass is 79.9. The van der Waals surface area contributed by atoms with Crippen molar-refractivity contribution in [3.8, 4) is 0 Å². The fourth-order valence-corrected chi connectivity index (χ4v) is 2.27. The Morgan fingerprint density at radius 1 is 1.50 bits per heavy atom. The fraction of sp³-hybridized carbons (Fsp3) is 0.417. The van der Waals surface area contributed by atoms with Gasteiger partial charge in [0, 0.05) is 0 Å². The van der Waals surface area contributed by atoms with E-state index >= 15 is 0 Å². The highest BCUT2D eigenvalue weighted by molar-refractivity contribution is 9.09. The van der Waals surface area contributed by atoms with E-state index in [2.05, 4.69) is 28.9 Å². The number of carbonyl (C=O) groups excluding carboxylic acids is 1. The van der Waals surface area contributed by atoms with Gasteiger partial charge in [0.05, 0.1) is 4.83 Å². The molecule has 0 aliphatic rings. The van der Waals surface area contributed by atoms with E-state index in [9.17, 15) is 4.79 Å². The Morgan fingerprint density at radius 2 is 2.14 bits per heavy atom. The van der Waals surface area contributed by atoms with Gasteiger partial charge in [0.25, 0.3) is 0 Å². The maximum atomic E-state index is 11.3. The molecule has 0 N–H and O–H groups in total. The second-order valence-corrected chi connectivity index (χ2v) is 4.39. The number of alkyl halides is 1. The SMILES string of the molecule is CCc1cccc(C)c1C(Br)C(C)=O. The topological polar surface area (TPSA) is 17.1 Å². The van der Waals surface area contributed by atoms with Crippen LogP contribution in [0.4, 0.5) is 0 Å². The van der Waals surface area contributed by atoms with Gasteiger partial charge in [0.1, 0.15) is 5.78 Å². The minimum absolute atomic E-state index is 0.154. The van der Waals surface area contributed by atoms with Crippen LogP contribution in [0, 0.1) is 6.92 Å². The van der Waals surface area contributed by atoms with Crippen LogP contribution in [0.15, 0.2) is 18.2 Å². The van der Waals surface area contributed by atoms with Crippen LogP contribution in [-0.4, -0.2) is 5.78 Å². The van der Waals surface area contributed by atoms with E-state index in [1.54, 1.807) is 6.92 Å². The Bertz CT molecular complexity index is 344. The molecule has 1 rings (SSSR count). The van der Waals surface area contributed by atoms with Crippen molar-refractivity contribution in [2.45, 2.75) is 32.0 Å². The molecule has 0 fully saturated rings. The second-order valence-electron chi connectivity index (χ2n) is 3.47. The molecule has 2 heteroatoms. The summed E-state index contributed by atoms with van der Waals surface area (Å²) >= 11 is 3.44. The average molecular weight is 255 g/mol. The number of rotatable bonds is 3. The predicted octanol–water partition coefficient (Wildman–Crippen LogP) is 3.58. The summed E-state index contributed by atoms with van der Waals surface area (Å²) in [5.74, 6) is 0.161. The molecule has 0 saturated carbocycles. The molecule has 1 aromatic rings. The molecular formula is C12H15BrO. The molecule has 1 atom stereocenters. The molecule has 0 aromatic heterocycles.